The SMILES string of the molecule is CCC(C)Nc1nc(C)nc2c(-c3ccc(C)cc3)noc12. The molecule has 3 rings (SSSR count). The van der Waals surface area contributed by atoms with Crippen LogP contribution in [0.15, 0.2) is 28.8 Å². The molecule has 0 saturated heterocycles. The van der Waals surface area contributed by atoms with Gasteiger partial charge in [0.2, 0.25) is 5.58 Å². The molecule has 5 nitrogen and oxygen atoms in total. The summed E-state index contributed by atoms with van der Waals surface area (Å²) in [5.41, 5.74) is 4.33. The lowest BCUT2D eigenvalue weighted by Crippen LogP contribution is -2.15. The molecule has 1 unspecified atom stereocenters. The minimum absolute atomic E-state index is 0.311. The fourth-order valence-corrected chi connectivity index (χ4v) is 2.28. The van der Waals surface area contributed by atoms with Gasteiger partial charge in [0, 0.05) is 11.6 Å². The highest BCUT2D eigenvalue weighted by Crippen LogP contribution is 2.30. The van der Waals surface area contributed by atoms with Crippen molar-refractivity contribution in [3.63, 3.8) is 0 Å². The summed E-state index contributed by atoms with van der Waals surface area (Å²) in [4.78, 5) is 8.98. The molecule has 0 fully saturated rings. The van der Waals surface area contributed by atoms with Crippen LogP contribution in [-0.2, 0) is 0 Å². The van der Waals surface area contributed by atoms with E-state index in [-0.39, 0.29) is 0 Å². The number of anilines is 1. The lowest BCUT2D eigenvalue weighted by molar-refractivity contribution is 0.459. The third kappa shape index (κ3) is 2.66. The minimum Gasteiger partial charge on any atom is -0.364 e. The van der Waals surface area contributed by atoms with Gasteiger partial charge in [-0.3, -0.25) is 0 Å². The van der Waals surface area contributed by atoms with E-state index in [1.807, 2.05) is 19.1 Å². The molecule has 1 atom stereocenters. The highest BCUT2D eigenvalue weighted by Gasteiger charge is 2.18. The van der Waals surface area contributed by atoms with Gasteiger partial charge in [0.1, 0.15) is 17.0 Å². The van der Waals surface area contributed by atoms with Gasteiger partial charge in [-0.15, -0.1) is 0 Å². The number of fused-ring (bicyclic) bond motifs is 1. The highest BCUT2D eigenvalue weighted by atomic mass is 16.5. The molecule has 114 valence electrons. The smallest absolute Gasteiger partial charge is 0.228 e. The molecule has 0 aliphatic rings. The first kappa shape index (κ1) is 14.5. The fraction of sp³-hybridized carbons (Fsp3) is 0.353. The zero-order chi connectivity index (χ0) is 15.7. The van der Waals surface area contributed by atoms with E-state index in [2.05, 4.69) is 53.3 Å². The normalized spacial score (nSPS) is 12.5. The van der Waals surface area contributed by atoms with Gasteiger partial charge in [-0.25, -0.2) is 9.97 Å². The number of aromatic nitrogens is 3. The monoisotopic (exact) mass is 296 g/mol. The Labute approximate surface area is 129 Å². The van der Waals surface area contributed by atoms with E-state index in [0.29, 0.717) is 23.3 Å². The molecule has 0 spiro atoms. The fourth-order valence-electron chi connectivity index (χ4n) is 2.28. The summed E-state index contributed by atoms with van der Waals surface area (Å²) < 4.78 is 5.53. The third-order valence-corrected chi connectivity index (χ3v) is 3.75. The predicted molar refractivity (Wildman–Crippen MR) is 87.9 cm³/mol. The molecule has 0 bridgehead atoms. The molecule has 3 aromatic rings. The van der Waals surface area contributed by atoms with Crippen molar-refractivity contribution in [1.29, 1.82) is 0 Å². The zero-order valence-corrected chi connectivity index (χ0v) is 13.3. The van der Waals surface area contributed by atoms with Crippen molar-refractivity contribution >= 4 is 16.9 Å². The molecule has 5 heteroatoms. The Morgan fingerprint density at radius 3 is 2.55 bits per heavy atom. The second-order valence-corrected chi connectivity index (χ2v) is 5.65. The van der Waals surface area contributed by atoms with Crippen LogP contribution in [0.4, 0.5) is 5.82 Å². The van der Waals surface area contributed by atoms with Gasteiger partial charge in [-0.05, 0) is 27.2 Å². The summed E-state index contributed by atoms with van der Waals surface area (Å²) in [6.45, 7) is 8.18. The Bertz CT molecular complexity index is 792. The first-order valence-corrected chi connectivity index (χ1v) is 7.56. The number of hydrogen-bond acceptors (Lipinski definition) is 5. The van der Waals surface area contributed by atoms with Crippen molar-refractivity contribution in [2.45, 2.75) is 40.2 Å². The summed E-state index contributed by atoms with van der Waals surface area (Å²) >= 11 is 0. The van der Waals surface area contributed by atoms with E-state index in [1.165, 1.54) is 5.56 Å². The van der Waals surface area contributed by atoms with Crippen molar-refractivity contribution in [3.8, 4) is 11.3 Å². The first-order chi connectivity index (χ1) is 10.6. The maximum atomic E-state index is 5.53. The van der Waals surface area contributed by atoms with Crippen molar-refractivity contribution in [2.24, 2.45) is 0 Å². The van der Waals surface area contributed by atoms with Crippen LogP contribution in [0, 0.1) is 13.8 Å². The van der Waals surface area contributed by atoms with E-state index in [0.717, 1.165) is 23.2 Å². The van der Waals surface area contributed by atoms with Crippen LogP contribution >= 0.6 is 0 Å². The second-order valence-electron chi connectivity index (χ2n) is 5.65. The average molecular weight is 296 g/mol. The molecular formula is C17H20N4O. The van der Waals surface area contributed by atoms with Crippen LogP contribution in [-0.4, -0.2) is 21.2 Å². The lowest BCUT2D eigenvalue weighted by atomic mass is 10.1. The number of nitrogens with one attached hydrogen (secondary N) is 1. The highest BCUT2D eigenvalue weighted by molar-refractivity contribution is 5.93. The number of aryl methyl sites for hydroxylation is 2. The van der Waals surface area contributed by atoms with Crippen LogP contribution < -0.4 is 5.32 Å². The molecule has 2 heterocycles. The molecule has 0 amide bonds. The predicted octanol–water partition coefficient (Wildman–Crippen LogP) is 4.11. The largest absolute Gasteiger partial charge is 0.364 e. The van der Waals surface area contributed by atoms with Gasteiger partial charge in [0.25, 0.3) is 0 Å². The molecule has 0 aliphatic carbocycles. The summed E-state index contributed by atoms with van der Waals surface area (Å²) in [5.74, 6) is 1.41. The van der Waals surface area contributed by atoms with E-state index < -0.39 is 0 Å². The minimum atomic E-state index is 0.311. The summed E-state index contributed by atoms with van der Waals surface area (Å²) in [6, 6.07) is 8.49. The molecule has 2 aromatic heterocycles. The Hall–Kier alpha value is -2.43. The lowest BCUT2D eigenvalue weighted by Gasteiger charge is -2.11. The van der Waals surface area contributed by atoms with Gasteiger partial charge in [-0.2, -0.15) is 0 Å². The van der Waals surface area contributed by atoms with E-state index in [9.17, 15) is 0 Å². The third-order valence-electron chi connectivity index (χ3n) is 3.75. The van der Waals surface area contributed by atoms with Crippen LogP contribution in [0.3, 0.4) is 0 Å². The van der Waals surface area contributed by atoms with Crippen molar-refractivity contribution in [3.05, 3.63) is 35.7 Å². The summed E-state index contributed by atoms with van der Waals surface area (Å²) in [6.07, 6.45) is 1.00. The average Bonchev–Trinajstić information content (AvgIpc) is 2.91. The van der Waals surface area contributed by atoms with Crippen molar-refractivity contribution in [2.75, 3.05) is 5.32 Å². The van der Waals surface area contributed by atoms with Crippen LogP contribution in [0.5, 0.6) is 0 Å². The maximum Gasteiger partial charge on any atom is 0.228 e. The Morgan fingerprint density at radius 2 is 1.86 bits per heavy atom. The summed E-state index contributed by atoms with van der Waals surface area (Å²) in [5, 5.41) is 7.58. The molecule has 0 radical (unpaired) electrons. The number of rotatable bonds is 4. The Kier molecular flexibility index (Phi) is 3.79. The van der Waals surface area contributed by atoms with Gasteiger partial charge in [0.15, 0.2) is 5.82 Å². The van der Waals surface area contributed by atoms with Gasteiger partial charge in [-0.1, -0.05) is 41.9 Å². The van der Waals surface area contributed by atoms with Crippen LogP contribution in [0.2, 0.25) is 0 Å². The van der Waals surface area contributed by atoms with E-state index in [1.54, 1.807) is 0 Å². The van der Waals surface area contributed by atoms with E-state index >= 15 is 0 Å². The number of hydrogen-bond donors (Lipinski definition) is 1. The van der Waals surface area contributed by atoms with Crippen molar-refractivity contribution < 1.29 is 4.52 Å². The number of nitrogens with zero attached hydrogens (tertiary/aromatic N) is 3. The van der Waals surface area contributed by atoms with Crippen LogP contribution in [0.25, 0.3) is 22.4 Å². The maximum absolute atomic E-state index is 5.53. The molecule has 1 N–H and O–H groups in total. The quantitative estimate of drug-likeness (QED) is 0.785. The zero-order valence-electron chi connectivity index (χ0n) is 13.3. The molecule has 1 aromatic carbocycles. The molecule has 22 heavy (non-hydrogen) atoms. The molecule has 0 saturated carbocycles. The Morgan fingerprint density at radius 1 is 1.14 bits per heavy atom. The van der Waals surface area contributed by atoms with Gasteiger partial charge < -0.3 is 9.84 Å². The molecular weight excluding hydrogens is 276 g/mol. The summed E-state index contributed by atoms with van der Waals surface area (Å²) in [7, 11) is 0. The van der Waals surface area contributed by atoms with Crippen LogP contribution in [0.1, 0.15) is 31.7 Å². The Balaban J connectivity index is 2.12. The van der Waals surface area contributed by atoms with Crippen molar-refractivity contribution in [1.82, 2.24) is 15.1 Å². The topological polar surface area (TPSA) is 63.8 Å². The standard InChI is InChI=1S/C17H20N4O/c1-5-11(3)18-17-16-15(19-12(4)20-17)14(21-22-16)13-8-6-10(2)7-9-13/h6-9,11H,5H2,1-4H3,(H,18,19,20). The van der Waals surface area contributed by atoms with Gasteiger partial charge >= 0.3 is 0 Å². The van der Waals surface area contributed by atoms with Gasteiger partial charge in [0.05, 0.1) is 0 Å². The first-order valence-electron chi connectivity index (χ1n) is 7.56. The number of benzene rings is 1. The van der Waals surface area contributed by atoms with E-state index in [4.69, 9.17) is 4.52 Å². The molecule has 0 aliphatic heterocycles. The second kappa shape index (κ2) is 5.75.